The number of fused-ring (bicyclic) bond motifs is 2. The molecule has 154 valence electrons. The molecule has 0 spiro atoms. The highest BCUT2D eigenvalue weighted by Crippen LogP contribution is 2.29. The maximum Gasteiger partial charge on any atom is 0.291 e. The zero-order valence-electron chi connectivity index (χ0n) is 16.7. The fraction of sp³-hybridized carbons (Fsp3) is 0.130. The number of hydrogen-bond acceptors (Lipinski definition) is 5. The minimum atomic E-state index is -0.856. The summed E-state index contributed by atoms with van der Waals surface area (Å²) in [6, 6.07) is 21.7. The quantitative estimate of drug-likeness (QED) is 0.558. The van der Waals surface area contributed by atoms with E-state index in [0.29, 0.717) is 17.1 Å². The van der Waals surface area contributed by atoms with Crippen LogP contribution in [-0.2, 0) is 4.79 Å². The molecule has 3 heterocycles. The van der Waals surface area contributed by atoms with Gasteiger partial charge in [0.1, 0.15) is 18.4 Å². The van der Waals surface area contributed by atoms with E-state index in [2.05, 4.69) is 15.4 Å². The number of nitrogens with zero attached hydrogens (tertiary/aromatic N) is 4. The molecule has 0 saturated heterocycles. The van der Waals surface area contributed by atoms with Gasteiger partial charge in [-0.15, -0.1) is 5.10 Å². The third-order valence-corrected chi connectivity index (χ3v) is 5.20. The zero-order chi connectivity index (χ0) is 21.4. The van der Waals surface area contributed by atoms with E-state index in [1.54, 1.807) is 29.8 Å². The second-order valence-corrected chi connectivity index (χ2v) is 7.18. The van der Waals surface area contributed by atoms with Crippen LogP contribution in [0.1, 0.15) is 10.6 Å². The molecule has 1 atom stereocenters. The predicted octanol–water partition coefficient (Wildman–Crippen LogP) is 2.55. The van der Waals surface area contributed by atoms with Crippen molar-refractivity contribution in [3.8, 4) is 17.0 Å². The summed E-state index contributed by atoms with van der Waals surface area (Å²) >= 11 is 0. The van der Waals surface area contributed by atoms with Gasteiger partial charge in [-0.3, -0.25) is 9.59 Å². The molecule has 2 aromatic carbocycles. The van der Waals surface area contributed by atoms with Crippen molar-refractivity contribution in [3.05, 3.63) is 78.6 Å². The summed E-state index contributed by atoms with van der Waals surface area (Å²) in [6.45, 7) is 0.0224. The highest BCUT2D eigenvalue weighted by atomic mass is 16.5. The van der Waals surface area contributed by atoms with Gasteiger partial charge in [0.2, 0.25) is 5.82 Å². The number of nitrogens with one attached hydrogen (secondary N) is 1. The fourth-order valence-electron chi connectivity index (χ4n) is 3.61. The van der Waals surface area contributed by atoms with Crippen LogP contribution in [0.3, 0.4) is 0 Å². The van der Waals surface area contributed by atoms with Gasteiger partial charge in [0.15, 0.2) is 5.65 Å². The summed E-state index contributed by atoms with van der Waals surface area (Å²) in [6.07, 6.45) is 0. The Bertz CT molecular complexity index is 1280. The lowest BCUT2D eigenvalue weighted by Gasteiger charge is -2.19. The molecule has 0 aliphatic carbocycles. The van der Waals surface area contributed by atoms with E-state index < -0.39 is 11.9 Å². The van der Waals surface area contributed by atoms with Crippen LogP contribution >= 0.6 is 0 Å². The second kappa shape index (κ2) is 7.56. The van der Waals surface area contributed by atoms with Crippen LogP contribution in [-0.4, -0.2) is 46.1 Å². The van der Waals surface area contributed by atoms with Crippen molar-refractivity contribution in [2.75, 3.05) is 18.6 Å². The molecule has 2 aromatic heterocycles. The molecule has 0 fully saturated rings. The largest absolute Gasteiger partial charge is 0.489 e. The molecule has 2 amide bonds. The number of para-hydroxylation sites is 2. The van der Waals surface area contributed by atoms with Gasteiger partial charge in [0.25, 0.3) is 11.8 Å². The number of aromatic nitrogens is 3. The SMILES string of the molecule is CN1C(=O)C(NC(=O)c2nc3cccc(-c4ccccc4)n3n2)COc2ccccc21. The summed E-state index contributed by atoms with van der Waals surface area (Å²) in [7, 11) is 1.66. The van der Waals surface area contributed by atoms with E-state index in [1.165, 1.54) is 4.90 Å². The van der Waals surface area contributed by atoms with Crippen LogP contribution in [0.15, 0.2) is 72.8 Å². The van der Waals surface area contributed by atoms with E-state index in [4.69, 9.17) is 4.74 Å². The normalized spacial score (nSPS) is 15.8. The Morgan fingerprint density at radius 1 is 1.03 bits per heavy atom. The molecule has 5 rings (SSSR count). The Hall–Kier alpha value is -4.20. The first-order valence-corrected chi connectivity index (χ1v) is 9.83. The molecule has 31 heavy (non-hydrogen) atoms. The van der Waals surface area contributed by atoms with Crippen molar-refractivity contribution < 1.29 is 14.3 Å². The third-order valence-electron chi connectivity index (χ3n) is 5.20. The summed E-state index contributed by atoms with van der Waals surface area (Å²) in [5.74, 6) is -0.231. The van der Waals surface area contributed by atoms with Gasteiger partial charge >= 0.3 is 0 Å². The first-order valence-electron chi connectivity index (χ1n) is 9.83. The highest BCUT2D eigenvalue weighted by Gasteiger charge is 2.31. The number of hydrogen-bond donors (Lipinski definition) is 1. The lowest BCUT2D eigenvalue weighted by molar-refractivity contribution is -0.120. The molecule has 4 aromatic rings. The second-order valence-electron chi connectivity index (χ2n) is 7.18. The number of carbonyl (C=O) groups excluding carboxylic acids is 2. The van der Waals surface area contributed by atoms with Crippen LogP contribution in [0.4, 0.5) is 5.69 Å². The molecule has 0 radical (unpaired) electrons. The smallest absolute Gasteiger partial charge is 0.291 e. The molecule has 1 N–H and O–H groups in total. The Kier molecular flexibility index (Phi) is 4.59. The number of likely N-dealkylation sites (N-methyl/N-ethyl adjacent to an activating group) is 1. The maximum atomic E-state index is 12.9. The lowest BCUT2D eigenvalue weighted by Crippen LogP contribution is -2.49. The molecular formula is C23H19N5O3. The maximum absolute atomic E-state index is 12.9. The van der Waals surface area contributed by atoms with Crippen molar-refractivity contribution in [1.29, 1.82) is 0 Å². The van der Waals surface area contributed by atoms with E-state index in [0.717, 1.165) is 11.3 Å². The van der Waals surface area contributed by atoms with Crippen molar-refractivity contribution in [1.82, 2.24) is 19.9 Å². The average Bonchev–Trinajstić information content (AvgIpc) is 3.22. The molecule has 1 aliphatic heterocycles. The van der Waals surface area contributed by atoms with Gasteiger partial charge in [-0.05, 0) is 24.3 Å². The van der Waals surface area contributed by atoms with Crippen molar-refractivity contribution in [2.24, 2.45) is 0 Å². The number of pyridine rings is 1. The number of carbonyl (C=O) groups is 2. The number of anilines is 1. The van der Waals surface area contributed by atoms with E-state index in [-0.39, 0.29) is 18.3 Å². The van der Waals surface area contributed by atoms with Crippen molar-refractivity contribution in [3.63, 3.8) is 0 Å². The summed E-state index contributed by atoms with van der Waals surface area (Å²) in [5.41, 5.74) is 2.97. The highest BCUT2D eigenvalue weighted by molar-refractivity contribution is 6.02. The van der Waals surface area contributed by atoms with Gasteiger partial charge in [0, 0.05) is 12.6 Å². The first kappa shape index (κ1) is 18.8. The standard InChI is InChI=1S/C23H19N5O3/c1-27-18-10-5-6-12-19(18)31-14-16(23(27)30)24-22(29)21-25-20-13-7-11-17(28(20)26-21)15-8-3-2-4-9-15/h2-13,16H,14H2,1H3,(H,24,29). The zero-order valence-corrected chi connectivity index (χ0v) is 16.7. The van der Waals surface area contributed by atoms with Crippen LogP contribution < -0.4 is 15.0 Å². The van der Waals surface area contributed by atoms with Crippen LogP contribution in [0.25, 0.3) is 16.9 Å². The summed E-state index contributed by atoms with van der Waals surface area (Å²) in [4.78, 5) is 31.6. The van der Waals surface area contributed by atoms with Crippen LogP contribution in [0, 0.1) is 0 Å². The van der Waals surface area contributed by atoms with E-state index in [1.807, 2.05) is 54.6 Å². The number of ether oxygens (including phenoxy) is 1. The first-order chi connectivity index (χ1) is 15.1. The van der Waals surface area contributed by atoms with Gasteiger partial charge in [-0.1, -0.05) is 48.5 Å². The van der Waals surface area contributed by atoms with Gasteiger partial charge in [-0.2, -0.15) is 0 Å². The molecular weight excluding hydrogens is 394 g/mol. The molecule has 8 heteroatoms. The topological polar surface area (TPSA) is 88.8 Å². The minimum absolute atomic E-state index is 0.0133. The molecule has 8 nitrogen and oxygen atoms in total. The molecule has 0 saturated carbocycles. The third kappa shape index (κ3) is 3.38. The van der Waals surface area contributed by atoms with Crippen LogP contribution in [0.5, 0.6) is 5.75 Å². The van der Waals surface area contributed by atoms with E-state index in [9.17, 15) is 9.59 Å². The predicted molar refractivity (Wildman–Crippen MR) is 115 cm³/mol. The average molecular weight is 413 g/mol. The Labute approximate surface area is 178 Å². The van der Waals surface area contributed by atoms with E-state index >= 15 is 0 Å². The summed E-state index contributed by atoms with van der Waals surface area (Å²) < 4.78 is 7.37. The minimum Gasteiger partial charge on any atom is -0.489 e. The van der Waals surface area contributed by atoms with Gasteiger partial charge in [-0.25, -0.2) is 9.50 Å². The Balaban J connectivity index is 1.42. The number of rotatable bonds is 3. The van der Waals surface area contributed by atoms with Crippen molar-refractivity contribution in [2.45, 2.75) is 6.04 Å². The molecule has 1 unspecified atom stereocenters. The monoisotopic (exact) mass is 413 g/mol. The Morgan fingerprint density at radius 3 is 2.65 bits per heavy atom. The summed E-state index contributed by atoms with van der Waals surface area (Å²) in [5, 5.41) is 7.11. The Morgan fingerprint density at radius 2 is 1.81 bits per heavy atom. The number of amides is 2. The van der Waals surface area contributed by atoms with Crippen molar-refractivity contribution >= 4 is 23.1 Å². The fourth-order valence-corrected chi connectivity index (χ4v) is 3.61. The van der Waals surface area contributed by atoms with Crippen LogP contribution in [0.2, 0.25) is 0 Å². The van der Waals surface area contributed by atoms with Gasteiger partial charge < -0.3 is 15.0 Å². The lowest BCUT2D eigenvalue weighted by atomic mass is 10.1. The number of benzene rings is 2. The molecule has 1 aliphatic rings. The van der Waals surface area contributed by atoms with Gasteiger partial charge in [0.05, 0.1) is 11.4 Å². The molecule has 0 bridgehead atoms.